The predicted molar refractivity (Wildman–Crippen MR) is 221 cm³/mol. The number of rotatable bonds is 7. The molecule has 9 rings (SSSR count). The van der Waals surface area contributed by atoms with Crippen LogP contribution in [0, 0.1) is 16.7 Å². The molecule has 14 heteroatoms. The van der Waals surface area contributed by atoms with Crippen molar-refractivity contribution in [2.45, 2.75) is 76.5 Å². The van der Waals surface area contributed by atoms with E-state index in [0.717, 1.165) is 120 Å². The second-order valence-electron chi connectivity index (χ2n) is 17.2. The van der Waals surface area contributed by atoms with Crippen molar-refractivity contribution in [1.82, 2.24) is 25.0 Å². The highest BCUT2D eigenvalue weighted by Crippen LogP contribution is 2.46. The number of nitriles is 1. The van der Waals surface area contributed by atoms with Gasteiger partial charge in [0, 0.05) is 88.4 Å². The fourth-order valence-corrected chi connectivity index (χ4v) is 10.6. The fraction of sp³-hybridized carbons (Fsp3) is 0.500. The highest BCUT2D eigenvalue weighted by Gasteiger charge is 2.46. The second kappa shape index (κ2) is 15.6. The molecule has 7 heterocycles. The summed E-state index contributed by atoms with van der Waals surface area (Å²) >= 11 is 6.39. The maximum Gasteiger partial charge on any atom is 0.262 e. The molecule has 3 aromatic rings. The van der Waals surface area contributed by atoms with Crippen LogP contribution in [0.4, 0.5) is 17.2 Å². The number of pyridine rings is 1. The van der Waals surface area contributed by atoms with Gasteiger partial charge in [0.1, 0.15) is 17.9 Å². The number of imide groups is 2. The molecule has 1 aromatic heterocycles. The minimum absolute atomic E-state index is 0.103. The van der Waals surface area contributed by atoms with E-state index in [1.165, 1.54) is 5.56 Å². The quantitative estimate of drug-likeness (QED) is 0.334. The number of hydrogen-bond donors (Lipinski definition) is 1. The minimum Gasteiger partial charge on any atom is -0.369 e. The zero-order chi connectivity index (χ0) is 40.1. The smallest absolute Gasteiger partial charge is 0.262 e. The Morgan fingerprint density at radius 1 is 0.845 bits per heavy atom. The Balaban J connectivity index is 0.720. The van der Waals surface area contributed by atoms with E-state index in [2.05, 4.69) is 61.1 Å². The molecular weight excluding hydrogens is 754 g/mol. The summed E-state index contributed by atoms with van der Waals surface area (Å²) in [5.41, 5.74) is 4.71. The van der Waals surface area contributed by atoms with E-state index in [0.29, 0.717) is 33.8 Å². The standard InChI is InChI=1S/C44H50ClN9O4/c1-29-24-44(28-53(29)34-4-3-31(25-46)37(45)23-34)12-16-52(17-13-44)39-8-2-30(26-47-39)27-49-14-10-32(11-15-49)50-18-20-51(21-19-50)33-5-6-35-36(22-33)43(58)54(42(35)57)38-7-9-40(55)48-41(38)56/h2-6,8,22-23,26,29,32,38H,7,9-21,24,27-28H2,1H3,(H,48,55,56)/t29-,38?/m0/s1. The average Bonchev–Trinajstić information content (AvgIpc) is 3.69. The Morgan fingerprint density at radius 3 is 2.28 bits per heavy atom. The lowest BCUT2D eigenvalue weighted by molar-refractivity contribution is -0.136. The van der Waals surface area contributed by atoms with Crippen molar-refractivity contribution in [1.29, 1.82) is 5.26 Å². The van der Waals surface area contributed by atoms with E-state index >= 15 is 0 Å². The molecule has 13 nitrogen and oxygen atoms in total. The maximum absolute atomic E-state index is 13.4. The molecule has 58 heavy (non-hydrogen) atoms. The van der Waals surface area contributed by atoms with Gasteiger partial charge in [0.2, 0.25) is 11.8 Å². The first kappa shape index (κ1) is 38.5. The van der Waals surface area contributed by atoms with Gasteiger partial charge in [0.25, 0.3) is 11.8 Å². The Labute approximate surface area is 344 Å². The number of carbonyl (C=O) groups excluding carboxylic acids is 4. The third kappa shape index (κ3) is 7.31. The van der Waals surface area contributed by atoms with E-state index in [1.54, 1.807) is 12.1 Å². The van der Waals surface area contributed by atoms with Crippen LogP contribution in [0.3, 0.4) is 0 Å². The van der Waals surface area contributed by atoms with E-state index < -0.39 is 23.8 Å². The van der Waals surface area contributed by atoms with Gasteiger partial charge in [-0.3, -0.25) is 39.2 Å². The number of anilines is 3. The molecule has 302 valence electrons. The van der Waals surface area contributed by atoms with Crippen molar-refractivity contribution in [2.24, 2.45) is 5.41 Å². The van der Waals surface area contributed by atoms with Crippen molar-refractivity contribution < 1.29 is 19.2 Å². The van der Waals surface area contributed by atoms with Crippen LogP contribution in [0.1, 0.15) is 83.7 Å². The Kier molecular flexibility index (Phi) is 10.4. The van der Waals surface area contributed by atoms with Crippen LogP contribution in [0.15, 0.2) is 54.7 Å². The number of fused-ring (bicyclic) bond motifs is 1. The number of nitrogens with zero attached hydrogens (tertiary/aromatic N) is 8. The highest BCUT2D eigenvalue weighted by molar-refractivity contribution is 6.32. The van der Waals surface area contributed by atoms with Crippen LogP contribution >= 0.6 is 11.6 Å². The van der Waals surface area contributed by atoms with Crippen molar-refractivity contribution in [3.63, 3.8) is 0 Å². The van der Waals surface area contributed by atoms with E-state index in [1.807, 2.05) is 24.3 Å². The van der Waals surface area contributed by atoms with E-state index in [4.69, 9.17) is 16.6 Å². The summed E-state index contributed by atoms with van der Waals surface area (Å²) in [7, 11) is 0. The third-order valence-corrected chi connectivity index (χ3v) is 14.0. The lowest BCUT2D eigenvalue weighted by atomic mass is 9.77. The van der Waals surface area contributed by atoms with E-state index in [-0.39, 0.29) is 24.2 Å². The number of piperazine rings is 1. The molecule has 0 bridgehead atoms. The summed E-state index contributed by atoms with van der Waals surface area (Å²) in [6.07, 6.45) is 8.00. The topological polar surface area (TPSA) is 136 Å². The summed E-state index contributed by atoms with van der Waals surface area (Å²) in [6.45, 7) is 11.9. The van der Waals surface area contributed by atoms with Crippen LogP contribution < -0.4 is 20.0 Å². The fourth-order valence-electron chi connectivity index (χ4n) is 10.4. The largest absolute Gasteiger partial charge is 0.369 e. The number of benzene rings is 2. The summed E-state index contributed by atoms with van der Waals surface area (Å²) in [5, 5.41) is 12.1. The highest BCUT2D eigenvalue weighted by atomic mass is 35.5. The molecule has 0 radical (unpaired) electrons. The zero-order valence-electron chi connectivity index (χ0n) is 33.0. The molecule has 5 fully saturated rings. The SMILES string of the molecule is C[C@H]1CC2(CCN(c3ccc(CN4CCC(N5CCN(c6ccc7c(c6)C(=O)N(C6CCC(=O)NC6=O)C7=O)CC5)CC4)cn3)CC2)CN1c1ccc(C#N)c(Cl)c1. The van der Waals surface area contributed by atoms with Gasteiger partial charge in [-0.1, -0.05) is 17.7 Å². The monoisotopic (exact) mass is 803 g/mol. The number of amides is 4. The lowest BCUT2D eigenvalue weighted by Crippen LogP contribution is -2.54. The first-order chi connectivity index (χ1) is 28.1. The van der Waals surface area contributed by atoms with Gasteiger partial charge in [0.05, 0.1) is 21.7 Å². The van der Waals surface area contributed by atoms with Gasteiger partial charge < -0.3 is 14.7 Å². The van der Waals surface area contributed by atoms with Crippen LogP contribution in [0.5, 0.6) is 0 Å². The summed E-state index contributed by atoms with van der Waals surface area (Å²) in [5.74, 6) is -0.857. The molecule has 4 amide bonds. The number of likely N-dealkylation sites (tertiary alicyclic amines) is 1. The predicted octanol–water partition coefficient (Wildman–Crippen LogP) is 4.68. The van der Waals surface area contributed by atoms with Crippen molar-refractivity contribution in [3.05, 3.63) is 82.0 Å². The summed E-state index contributed by atoms with van der Waals surface area (Å²) in [6, 6.07) is 17.8. The molecule has 1 N–H and O–H groups in total. The van der Waals surface area contributed by atoms with Crippen LogP contribution in [-0.4, -0.2) is 120 Å². The molecule has 6 aliphatic heterocycles. The molecule has 6 aliphatic rings. The van der Waals surface area contributed by atoms with Gasteiger partial charge in [-0.05, 0) is 112 Å². The number of hydrogen-bond acceptors (Lipinski definition) is 11. The number of nitrogens with one attached hydrogen (secondary N) is 1. The first-order valence-electron chi connectivity index (χ1n) is 20.8. The third-order valence-electron chi connectivity index (χ3n) is 13.7. The average molecular weight is 804 g/mol. The Morgan fingerprint density at radius 2 is 1.59 bits per heavy atom. The van der Waals surface area contributed by atoms with Gasteiger partial charge in [-0.25, -0.2) is 4.98 Å². The summed E-state index contributed by atoms with van der Waals surface area (Å²) in [4.78, 5) is 68.9. The molecular formula is C44H50ClN9O4. The molecule has 0 aliphatic carbocycles. The molecule has 1 unspecified atom stereocenters. The Bertz CT molecular complexity index is 2150. The number of piperidine rings is 3. The normalized spacial score (nSPS) is 24.4. The van der Waals surface area contributed by atoms with Gasteiger partial charge in [0.15, 0.2) is 0 Å². The van der Waals surface area contributed by atoms with Gasteiger partial charge in [-0.15, -0.1) is 0 Å². The zero-order valence-corrected chi connectivity index (χ0v) is 33.8. The van der Waals surface area contributed by atoms with Crippen molar-refractivity contribution in [3.8, 4) is 6.07 Å². The molecule has 2 aromatic carbocycles. The molecule has 5 saturated heterocycles. The number of carbonyl (C=O) groups is 4. The molecule has 2 atom stereocenters. The molecule has 1 spiro atoms. The van der Waals surface area contributed by atoms with Crippen LogP contribution in [0.2, 0.25) is 5.02 Å². The minimum atomic E-state index is -0.960. The van der Waals surface area contributed by atoms with Crippen molar-refractivity contribution >= 4 is 52.4 Å². The number of aromatic nitrogens is 1. The first-order valence-corrected chi connectivity index (χ1v) is 21.2. The lowest BCUT2D eigenvalue weighted by Gasteiger charge is -2.43. The Hall–Kier alpha value is -5.03. The van der Waals surface area contributed by atoms with Crippen LogP contribution in [-0.2, 0) is 16.1 Å². The van der Waals surface area contributed by atoms with Crippen LogP contribution in [0.25, 0.3) is 0 Å². The molecule has 0 saturated carbocycles. The van der Waals surface area contributed by atoms with Crippen molar-refractivity contribution in [2.75, 3.05) is 73.6 Å². The maximum atomic E-state index is 13.4. The summed E-state index contributed by atoms with van der Waals surface area (Å²) < 4.78 is 0. The number of halogens is 1. The van der Waals surface area contributed by atoms with E-state index in [9.17, 15) is 24.4 Å². The van der Waals surface area contributed by atoms with Gasteiger partial charge >= 0.3 is 0 Å². The second-order valence-corrected chi connectivity index (χ2v) is 17.6. The van der Waals surface area contributed by atoms with Gasteiger partial charge in [-0.2, -0.15) is 5.26 Å².